The zero-order valence-electron chi connectivity index (χ0n) is 18.2. The summed E-state index contributed by atoms with van der Waals surface area (Å²) in [6.07, 6.45) is 25.9. The van der Waals surface area contributed by atoms with Gasteiger partial charge in [-0.05, 0) is 75.4 Å². The van der Waals surface area contributed by atoms with Crippen LogP contribution in [0, 0.1) is 23.7 Å². The molecule has 0 amide bonds. The Morgan fingerprint density at radius 2 is 1.42 bits per heavy atom. The molecule has 4 saturated carbocycles. The first kappa shape index (κ1) is 21.6. The van der Waals surface area contributed by atoms with Crippen LogP contribution in [0.5, 0.6) is 0 Å². The van der Waals surface area contributed by atoms with Gasteiger partial charge in [0.05, 0.1) is 0 Å². The fourth-order valence-electron chi connectivity index (χ4n) is 6.03. The number of rotatable bonds is 5. The Balaban J connectivity index is 0.000000149. The summed E-state index contributed by atoms with van der Waals surface area (Å²) < 4.78 is 10.9. The lowest BCUT2D eigenvalue weighted by atomic mass is 9.54. The maximum Gasteiger partial charge on any atom is 0.334 e. The summed E-state index contributed by atoms with van der Waals surface area (Å²) in [5.41, 5.74) is 0.551. The van der Waals surface area contributed by atoms with E-state index in [1.54, 1.807) is 6.92 Å². The predicted octanol–water partition coefficient (Wildman–Crippen LogP) is 5.40. The molecule has 0 aromatic rings. The number of ether oxygens (including phenoxy) is 2. The molecule has 6 aliphatic carbocycles. The molecule has 164 valence electrons. The lowest BCUT2D eigenvalue weighted by molar-refractivity contribution is -0.181. The molecular formula is C27H32O4. The van der Waals surface area contributed by atoms with Crippen molar-refractivity contribution in [3.63, 3.8) is 0 Å². The minimum atomic E-state index is -0.255. The van der Waals surface area contributed by atoms with Crippen LogP contribution in [0.1, 0.15) is 45.4 Å². The molecule has 31 heavy (non-hydrogen) atoms. The van der Waals surface area contributed by atoms with E-state index < -0.39 is 0 Å². The van der Waals surface area contributed by atoms with Gasteiger partial charge < -0.3 is 9.47 Å². The summed E-state index contributed by atoms with van der Waals surface area (Å²) in [5, 5.41) is 0. The van der Waals surface area contributed by atoms with E-state index in [0.29, 0.717) is 5.57 Å². The quantitative estimate of drug-likeness (QED) is 0.442. The standard InChI is InChI=1S/C14H14O2.C13H18O2/c1-11(10-12-6-2-3-7-12)14(15)16-13-8-4-5-9-13;1-2-12(14)15-13-6-9-3-10(7-13)5-11(4-9)8-13/h2-10,12-13H,1H3;2,9-11H,1,3-8H2. The van der Waals surface area contributed by atoms with Gasteiger partial charge in [0.25, 0.3) is 0 Å². The lowest BCUT2D eigenvalue weighted by Gasteiger charge is -2.55. The van der Waals surface area contributed by atoms with Gasteiger partial charge in [0.2, 0.25) is 0 Å². The van der Waals surface area contributed by atoms with Crippen molar-refractivity contribution in [1.82, 2.24) is 0 Å². The minimum absolute atomic E-state index is 0.0972. The Labute approximate surface area is 185 Å². The van der Waals surface area contributed by atoms with Gasteiger partial charge in [0, 0.05) is 17.6 Å². The topological polar surface area (TPSA) is 52.6 Å². The Bertz CT molecular complexity index is 810. The average molecular weight is 421 g/mol. The molecule has 0 aliphatic heterocycles. The van der Waals surface area contributed by atoms with Crippen LogP contribution in [-0.2, 0) is 19.1 Å². The van der Waals surface area contributed by atoms with E-state index in [9.17, 15) is 9.59 Å². The third kappa shape index (κ3) is 5.36. The first-order chi connectivity index (χ1) is 14.9. The summed E-state index contributed by atoms with van der Waals surface area (Å²) in [5.74, 6) is 2.23. The molecule has 0 radical (unpaired) electrons. The average Bonchev–Trinajstić information content (AvgIpc) is 3.41. The molecule has 6 rings (SSSR count). The number of hydrogen-bond acceptors (Lipinski definition) is 4. The lowest BCUT2D eigenvalue weighted by Crippen LogP contribution is -2.52. The van der Waals surface area contributed by atoms with E-state index in [0.717, 1.165) is 37.0 Å². The first-order valence-corrected chi connectivity index (χ1v) is 11.4. The second-order valence-electron chi connectivity index (χ2n) is 9.56. The molecule has 0 N–H and O–H groups in total. The van der Waals surface area contributed by atoms with Crippen molar-refractivity contribution in [3.8, 4) is 0 Å². The van der Waals surface area contributed by atoms with Crippen molar-refractivity contribution in [2.24, 2.45) is 23.7 Å². The Morgan fingerprint density at radius 3 is 1.94 bits per heavy atom. The van der Waals surface area contributed by atoms with Crippen LogP contribution < -0.4 is 0 Å². The van der Waals surface area contributed by atoms with Gasteiger partial charge >= 0.3 is 11.9 Å². The monoisotopic (exact) mass is 420 g/mol. The molecule has 4 bridgehead atoms. The number of hydrogen-bond donors (Lipinski definition) is 0. The second-order valence-corrected chi connectivity index (χ2v) is 9.56. The van der Waals surface area contributed by atoms with E-state index in [2.05, 4.69) is 6.58 Å². The fourth-order valence-corrected chi connectivity index (χ4v) is 6.03. The first-order valence-electron chi connectivity index (χ1n) is 11.4. The molecule has 0 heterocycles. The van der Waals surface area contributed by atoms with Gasteiger partial charge in [-0.3, -0.25) is 0 Å². The number of carbonyl (C=O) groups excluding carboxylic acids is 2. The SMILES string of the molecule is C=CC(=O)OC12CC3CC(CC(C3)C1)C2.CC(=CC1C=CC=C1)C(=O)OC1C=CC=C1. The van der Waals surface area contributed by atoms with Crippen LogP contribution in [0.3, 0.4) is 0 Å². The van der Waals surface area contributed by atoms with Crippen molar-refractivity contribution >= 4 is 11.9 Å². The molecule has 0 atom stereocenters. The van der Waals surface area contributed by atoms with Gasteiger partial charge in [0.1, 0.15) is 11.7 Å². The zero-order valence-corrected chi connectivity index (χ0v) is 18.2. The normalized spacial score (nSPS) is 32.8. The van der Waals surface area contributed by atoms with Crippen molar-refractivity contribution in [2.75, 3.05) is 0 Å². The van der Waals surface area contributed by atoms with Crippen molar-refractivity contribution in [1.29, 1.82) is 0 Å². The third-order valence-electron chi connectivity index (χ3n) is 6.96. The maximum atomic E-state index is 11.7. The predicted molar refractivity (Wildman–Crippen MR) is 121 cm³/mol. The van der Waals surface area contributed by atoms with Crippen LogP contribution in [0.15, 0.2) is 72.9 Å². The molecule has 0 aromatic carbocycles. The minimum Gasteiger partial charge on any atom is -0.456 e. The Morgan fingerprint density at radius 1 is 0.903 bits per heavy atom. The highest BCUT2D eigenvalue weighted by molar-refractivity contribution is 5.88. The van der Waals surface area contributed by atoms with E-state index in [-0.39, 0.29) is 29.6 Å². The highest BCUT2D eigenvalue weighted by Crippen LogP contribution is 2.57. The molecule has 6 aliphatic rings. The van der Waals surface area contributed by atoms with E-state index >= 15 is 0 Å². The molecule has 4 nitrogen and oxygen atoms in total. The molecule has 4 heteroatoms. The second kappa shape index (κ2) is 9.25. The summed E-state index contributed by atoms with van der Waals surface area (Å²) in [4.78, 5) is 23.0. The molecule has 0 spiro atoms. The van der Waals surface area contributed by atoms with Crippen LogP contribution in [0.25, 0.3) is 0 Å². The van der Waals surface area contributed by atoms with Gasteiger partial charge in [-0.1, -0.05) is 49.1 Å². The van der Waals surface area contributed by atoms with Gasteiger partial charge in [-0.25, -0.2) is 9.59 Å². The highest BCUT2D eigenvalue weighted by atomic mass is 16.6. The highest BCUT2D eigenvalue weighted by Gasteiger charge is 2.52. The fraction of sp³-hybridized carbons (Fsp3) is 0.481. The van der Waals surface area contributed by atoms with Crippen LogP contribution in [-0.4, -0.2) is 23.6 Å². The molecule has 0 unspecified atom stereocenters. The van der Waals surface area contributed by atoms with E-state index in [1.165, 1.54) is 25.3 Å². The summed E-state index contributed by atoms with van der Waals surface area (Å²) >= 11 is 0. The van der Waals surface area contributed by atoms with Crippen LogP contribution in [0.2, 0.25) is 0 Å². The summed E-state index contributed by atoms with van der Waals surface area (Å²) in [6.45, 7) is 5.27. The zero-order chi connectivity index (χ0) is 21.8. The summed E-state index contributed by atoms with van der Waals surface area (Å²) in [7, 11) is 0. The van der Waals surface area contributed by atoms with E-state index in [4.69, 9.17) is 9.47 Å². The third-order valence-corrected chi connectivity index (χ3v) is 6.96. The number of allylic oxidation sites excluding steroid dienone is 7. The molecule has 0 aromatic heterocycles. The maximum absolute atomic E-state index is 11.7. The van der Waals surface area contributed by atoms with E-state index in [1.807, 2.05) is 54.7 Å². The largest absolute Gasteiger partial charge is 0.456 e. The van der Waals surface area contributed by atoms with Gasteiger partial charge in [0.15, 0.2) is 0 Å². The summed E-state index contributed by atoms with van der Waals surface area (Å²) in [6, 6.07) is 0. The van der Waals surface area contributed by atoms with Crippen LogP contribution in [0.4, 0.5) is 0 Å². The van der Waals surface area contributed by atoms with Crippen LogP contribution >= 0.6 is 0 Å². The number of carbonyl (C=O) groups is 2. The Hall–Kier alpha value is -2.62. The van der Waals surface area contributed by atoms with Gasteiger partial charge in [-0.15, -0.1) is 0 Å². The van der Waals surface area contributed by atoms with Crippen molar-refractivity contribution in [3.05, 3.63) is 72.9 Å². The Kier molecular flexibility index (Phi) is 6.45. The molecule has 0 saturated heterocycles. The van der Waals surface area contributed by atoms with Crippen molar-refractivity contribution < 1.29 is 19.1 Å². The molecule has 4 fully saturated rings. The van der Waals surface area contributed by atoms with Gasteiger partial charge in [-0.2, -0.15) is 0 Å². The van der Waals surface area contributed by atoms with Crippen molar-refractivity contribution in [2.45, 2.75) is 57.2 Å². The smallest absolute Gasteiger partial charge is 0.334 e. The number of esters is 2. The molecular weight excluding hydrogens is 388 g/mol.